The summed E-state index contributed by atoms with van der Waals surface area (Å²) in [5, 5.41) is 0. The van der Waals surface area contributed by atoms with Crippen molar-refractivity contribution in [1.82, 2.24) is 0 Å². The van der Waals surface area contributed by atoms with Gasteiger partial charge in [0.1, 0.15) is 6.04 Å². The molecule has 2 N–H and O–H groups in total. The maximum atomic E-state index is 11.5. The first-order chi connectivity index (χ1) is 7.70. The second-order valence-corrected chi connectivity index (χ2v) is 3.45. The Labute approximate surface area is 95.9 Å². The molecule has 0 aromatic heterocycles. The fourth-order valence-corrected chi connectivity index (χ4v) is 1.55. The largest absolute Gasteiger partial charge is 0.465 e. The number of ether oxygens (including phenoxy) is 1. The van der Waals surface area contributed by atoms with Gasteiger partial charge in [-0.05, 0) is 12.5 Å². The lowest BCUT2D eigenvalue weighted by Gasteiger charge is -2.19. The number of nitrogens with two attached hydrogens (primary N) is 1. The van der Waals surface area contributed by atoms with E-state index in [2.05, 4.69) is 6.58 Å². The molecule has 0 spiro atoms. The van der Waals surface area contributed by atoms with Gasteiger partial charge in [0.05, 0.1) is 6.61 Å². The van der Waals surface area contributed by atoms with Gasteiger partial charge < -0.3 is 10.5 Å². The van der Waals surface area contributed by atoms with Crippen molar-refractivity contribution < 1.29 is 9.53 Å². The monoisotopic (exact) mass is 219 g/mol. The molecule has 16 heavy (non-hydrogen) atoms. The zero-order valence-corrected chi connectivity index (χ0v) is 9.43. The normalized spacial score (nSPS) is 13.9. The summed E-state index contributed by atoms with van der Waals surface area (Å²) < 4.78 is 4.90. The van der Waals surface area contributed by atoms with Crippen molar-refractivity contribution in [2.45, 2.75) is 18.9 Å². The number of benzene rings is 1. The molecule has 0 aliphatic heterocycles. The van der Waals surface area contributed by atoms with Crippen LogP contribution < -0.4 is 5.73 Å². The zero-order chi connectivity index (χ0) is 12.0. The number of hydrogen-bond acceptors (Lipinski definition) is 3. The molecule has 0 saturated carbocycles. The van der Waals surface area contributed by atoms with E-state index in [0.29, 0.717) is 6.61 Å². The van der Waals surface area contributed by atoms with E-state index >= 15 is 0 Å². The molecule has 1 rings (SSSR count). The second-order valence-electron chi connectivity index (χ2n) is 3.45. The summed E-state index contributed by atoms with van der Waals surface area (Å²) in [6, 6.07) is 8.88. The van der Waals surface area contributed by atoms with Crippen LogP contribution in [0.4, 0.5) is 0 Å². The maximum absolute atomic E-state index is 11.5. The Bertz CT molecular complexity index is 348. The summed E-state index contributed by atoms with van der Waals surface area (Å²) in [6.45, 7) is 5.81. The number of carbonyl (C=O) groups excluding carboxylic acids is 1. The van der Waals surface area contributed by atoms with E-state index in [9.17, 15) is 4.79 Å². The molecule has 1 aromatic carbocycles. The van der Waals surface area contributed by atoms with E-state index in [-0.39, 0.29) is 5.92 Å². The molecule has 86 valence electrons. The van der Waals surface area contributed by atoms with Crippen molar-refractivity contribution in [3.63, 3.8) is 0 Å². The highest BCUT2D eigenvalue weighted by molar-refractivity contribution is 5.77. The minimum Gasteiger partial charge on any atom is -0.465 e. The zero-order valence-electron chi connectivity index (χ0n) is 9.43. The van der Waals surface area contributed by atoms with E-state index in [0.717, 1.165) is 5.56 Å². The summed E-state index contributed by atoms with van der Waals surface area (Å²) in [7, 11) is 0. The van der Waals surface area contributed by atoms with Crippen molar-refractivity contribution in [3.8, 4) is 0 Å². The number of hydrogen-bond donors (Lipinski definition) is 1. The summed E-state index contributed by atoms with van der Waals surface area (Å²) >= 11 is 0. The molecule has 0 saturated heterocycles. The topological polar surface area (TPSA) is 52.3 Å². The van der Waals surface area contributed by atoms with Crippen LogP contribution >= 0.6 is 0 Å². The first kappa shape index (κ1) is 12.5. The Morgan fingerprint density at radius 1 is 1.50 bits per heavy atom. The van der Waals surface area contributed by atoms with Crippen LogP contribution in [-0.4, -0.2) is 18.6 Å². The average Bonchev–Trinajstić information content (AvgIpc) is 2.31. The molecule has 0 aliphatic carbocycles. The Morgan fingerprint density at radius 2 is 2.12 bits per heavy atom. The molecule has 3 nitrogen and oxygen atoms in total. The predicted molar refractivity (Wildman–Crippen MR) is 64.0 cm³/mol. The smallest absolute Gasteiger partial charge is 0.323 e. The van der Waals surface area contributed by atoms with Crippen LogP contribution in [0.25, 0.3) is 0 Å². The lowest BCUT2D eigenvalue weighted by atomic mass is 9.92. The van der Waals surface area contributed by atoms with Gasteiger partial charge in [-0.1, -0.05) is 36.4 Å². The van der Waals surface area contributed by atoms with Crippen molar-refractivity contribution in [3.05, 3.63) is 48.6 Å². The van der Waals surface area contributed by atoms with Gasteiger partial charge in [0.25, 0.3) is 0 Å². The highest BCUT2D eigenvalue weighted by Crippen LogP contribution is 2.20. The van der Waals surface area contributed by atoms with Crippen molar-refractivity contribution >= 4 is 5.97 Å². The van der Waals surface area contributed by atoms with Crippen molar-refractivity contribution in [2.24, 2.45) is 5.73 Å². The van der Waals surface area contributed by atoms with E-state index in [1.54, 1.807) is 13.0 Å². The van der Waals surface area contributed by atoms with Gasteiger partial charge in [0, 0.05) is 5.92 Å². The molecule has 0 heterocycles. The van der Waals surface area contributed by atoms with Crippen molar-refractivity contribution in [1.29, 1.82) is 0 Å². The van der Waals surface area contributed by atoms with Crippen LogP contribution in [0.15, 0.2) is 43.0 Å². The van der Waals surface area contributed by atoms with Crippen molar-refractivity contribution in [2.75, 3.05) is 6.61 Å². The molecular formula is C13H17NO2. The molecule has 2 atom stereocenters. The van der Waals surface area contributed by atoms with Crippen LogP contribution in [-0.2, 0) is 9.53 Å². The van der Waals surface area contributed by atoms with Crippen LogP contribution in [0, 0.1) is 0 Å². The van der Waals surface area contributed by atoms with Gasteiger partial charge in [0.15, 0.2) is 0 Å². The fraction of sp³-hybridized carbons (Fsp3) is 0.308. The van der Waals surface area contributed by atoms with Crippen LogP contribution in [0.1, 0.15) is 18.4 Å². The van der Waals surface area contributed by atoms with E-state index < -0.39 is 12.0 Å². The summed E-state index contributed by atoms with van der Waals surface area (Å²) in [5.74, 6) is -0.600. The molecule has 0 radical (unpaired) electrons. The van der Waals surface area contributed by atoms with Crippen LogP contribution in [0.2, 0.25) is 0 Å². The van der Waals surface area contributed by atoms with E-state index in [4.69, 9.17) is 10.5 Å². The lowest BCUT2D eigenvalue weighted by molar-refractivity contribution is -0.144. The van der Waals surface area contributed by atoms with Gasteiger partial charge in [0.2, 0.25) is 0 Å². The van der Waals surface area contributed by atoms with Crippen LogP contribution in [0.3, 0.4) is 0 Å². The third kappa shape index (κ3) is 2.94. The van der Waals surface area contributed by atoms with Crippen LogP contribution in [0.5, 0.6) is 0 Å². The second kappa shape index (κ2) is 6.08. The van der Waals surface area contributed by atoms with Gasteiger partial charge in [-0.25, -0.2) is 0 Å². The minimum atomic E-state index is -0.695. The highest BCUT2D eigenvalue weighted by atomic mass is 16.5. The molecule has 0 unspecified atom stereocenters. The van der Waals surface area contributed by atoms with Gasteiger partial charge in [-0.3, -0.25) is 4.79 Å². The predicted octanol–water partition coefficient (Wildman–Crippen LogP) is 1.85. The summed E-state index contributed by atoms with van der Waals surface area (Å²) in [4.78, 5) is 11.5. The molecule has 3 heteroatoms. The third-order valence-corrected chi connectivity index (χ3v) is 2.38. The fourth-order valence-electron chi connectivity index (χ4n) is 1.55. The number of esters is 1. The van der Waals surface area contributed by atoms with Gasteiger partial charge in [-0.2, -0.15) is 0 Å². The molecule has 0 fully saturated rings. The number of carbonyl (C=O) groups is 1. The number of rotatable bonds is 5. The summed E-state index contributed by atoms with van der Waals surface area (Å²) in [6.07, 6.45) is 1.68. The molecular weight excluding hydrogens is 202 g/mol. The van der Waals surface area contributed by atoms with E-state index in [1.807, 2.05) is 30.3 Å². The maximum Gasteiger partial charge on any atom is 0.323 e. The van der Waals surface area contributed by atoms with Gasteiger partial charge >= 0.3 is 5.97 Å². The molecule has 0 amide bonds. The Hall–Kier alpha value is -1.61. The Balaban J connectivity index is 2.83. The molecule has 0 aliphatic rings. The Morgan fingerprint density at radius 3 is 2.62 bits per heavy atom. The highest BCUT2D eigenvalue weighted by Gasteiger charge is 2.24. The van der Waals surface area contributed by atoms with Gasteiger partial charge in [-0.15, -0.1) is 6.58 Å². The van der Waals surface area contributed by atoms with E-state index in [1.165, 1.54) is 0 Å². The molecule has 1 aromatic rings. The SMILES string of the molecule is C=C[C@H](c1ccccc1)[C@H](N)C(=O)OCC. The quantitative estimate of drug-likeness (QED) is 0.607. The first-order valence-electron chi connectivity index (χ1n) is 5.30. The third-order valence-electron chi connectivity index (χ3n) is 2.38. The Kier molecular flexibility index (Phi) is 4.73. The summed E-state index contributed by atoms with van der Waals surface area (Å²) in [5.41, 5.74) is 6.81. The standard InChI is InChI=1S/C13H17NO2/c1-3-11(10-8-6-5-7-9-10)12(14)13(15)16-4-2/h3,5-9,11-12H,1,4,14H2,2H3/t11-,12+/m1/s1. The lowest BCUT2D eigenvalue weighted by Crippen LogP contribution is -2.37. The minimum absolute atomic E-state index is 0.208. The first-order valence-corrected chi connectivity index (χ1v) is 5.30. The molecule has 0 bridgehead atoms. The average molecular weight is 219 g/mol.